The predicted molar refractivity (Wildman–Crippen MR) is 76.5 cm³/mol. The van der Waals surface area contributed by atoms with Crippen LogP contribution in [0.4, 0.5) is 10.7 Å². The van der Waals surface area contributed by atoms with E-state index >= 15 is 0 Å². The predicted octanol–water partition coefficient (Wildman–Crippen LogP) is 2.16. The molecule has 2 N–H and O–H groups in total. The number of carbonyl (C=O) groups is 1. The third kappa shape index (κ3) is 2.92. The number of anilines is 1. The number of nitrogens with zero attached hydrogens (tertiary/aromatic N) is 1. The van der Waals surface area contributed by atoms with Gasteiger partial charge in [0.2, 0.25) is 5.95 Å². The first kappa shape index (κ1) is 13.7. The molecule has 0 aliphatic carbocycles. The van der Waals surface area contributed by atoms with Gasteiger partial charge in [0.25, 0.3) is 0 Å². The largest absolute Gasteiger partial charge is 0.497 e. The van der Waals surface area contributed by atoms with Crippen molar-refractivity contribution in [3.05, 3.63) is 18.2 Å². The number of nitrogens with one attached hydrogen (secondary N) is 2. The van der Waals surface area contributed by atoms with Crippen LogP contribution in [0.5, 0.6) is 5.75 Å². The maximum Gasteiger partial charge on any atom is 0.413 e. The molecule has 1 aliphatic heterocycles. The highest BCUT2D eigenvalue weighted by molar-refractivity contribution is 5.86. The first-order chi connectivity index (χ1) is 10.1. The maximum atomic E-state index is 11.7. The minimum Gasteiger partial charge on any atom is -0.497 e. The van der Waals surface area contributed by atoms with E-state index in [1.165, 1.54) is 0 Å². The van der Waals surface area contributed by atoms with Crippen molar-refractivity contribution in [2.24, 2.45) is 5.41 Å². The lowest BCUT2D eigenvalue weighted by molar-refractivity contribution is -0.125. The van der Waals surface area contributed by atoms with Gasteiger partial charge in [-0.2, -0.15) is 0 Å². The normalized spacial score (nSPS) is 16.3. The number of amides is 1. The van der Waals surface area contributed by atoms with Crippen LogP contribution in [-0.4, -0.2) is 43.0 Å². The van der Waals surface area contributed by atoms with Gasteiger partial charge in [-0.3, -0.25) is 5.32 Å². The van der Waals surface area contributed by atoms with E-state index < -0.39 is 6.09 Å². The lowest BCUT2D eigenvalue weighted by Gasteiger charge is -2.36. The summed E-state index contributed by atoms with van der Waals surface area (Å²) in [7, 11) is 1.60. The zero-order valence-electron chi connectivity index (χ0n) is 11.9. The molecule has 112 valence electrons. The van der Waals surface area contributed by atoms with E-state index in [0.29, 0.717) is 25.8 Å². The van der Waals surface area contributed by atoms with E-state index in [1.807, 2.05) is 25.1 Å². The third-order valence-corrected chi connectivity index (χ3v) is 3.36. The highest BCUT2D eigenvalue weighted by Crippen LogP contribution is 2.26. The van der Waals surface area contributed by atoms with Crippen molar-refractivity contribution >= 4 is 23.1 Å². The molecule has 3 rings (SSSR count). The molecule has 1 fully saturated rings. The van der Waals surface area contributed by atoms with E-state index in [9.17, 15) is 4.79 Å². The summed E-state index contributed by atoms with van der Waals surface area (Å²) in [6.45, 7) is 3.57. The minimum absolute atomic E-state index is 0.0708. The molecule has 7 heteroatoms. The number of imidazole rings is 1. The van der Waals surface area contributed by atoms with E-state index in [4.69, 9.17) is 14.2 Å². The van der Waals surface area contributed by atoms with Crippen LogP contribution in [-0.2, 0) is 9.47 Å². The molecule has 7 nitrogen and oxygen atoms in total. The van der Waals surface area contributed by atoms with Crippen molar-refractivity contribution in [1.82, 2.24) is 9.97 Å². The highest BCUT2D eigenvalue weighted by Gasteiger charge is 2.34. The molecule has 1 aromatic heterocycles. The Morgan fingerprint density at radius 2 is 2.33 bits per heavy atom. The molecule has 2 aromatic rings. The Morgan fingerprint density at radius 3 is 3.00 bits per heavy atom. The van der Waals surface area contributed by atoms with Crippen LogP contribution in [0.2, 0.25) is 0 Å². The van der Waals surface area contributed by atoms with Gasteiger partial charge in [0, 0.05) is 11.5 Å². The Balaban J connectivity index is 1.62. The number of ether oxygens (including phenoxy) is 3. The average molecular weight is 291 g/mol. The number of benzene rings is 1. The smallest absolute Gasteiger partial charge is 0.413 e. The SMILES string of the molecule is COc1ccc2nc(NC(=O)OCC3(C)COC3)[nH]c2c1. The van der Waals surface area contributed by atoms with Crippen LogP contribution in [0.1, 0.15) is 6.92 Å². The zero-order chi connectivity index (χ0) is 14.9. The first-order valence-electron chi connectivity index (χ1n) is 6.63. The van der Waals surface area contributed by atoms with Gasteiger partial charge in [0.1, 0.15) is 12.4 Å². The van der Waals surface area contributed by atoms with Crippen LogP contribution in [0.3, 0.4) is 0 Å². The summed E-state index contributed by atoms with van der Waals surface area (Å²) >= 11 is 0. The van der Waals surface area contributed by atoms with Crippen LogP contribution >= 0.6 is 0 Å². The molecule has 21 heavy (non-hydrogen) atoms. The number of hydrogen-bond donors (Lipinski definition) is 2. The second-order valence-electron chi connectivity index (χ2n) is 5.47. The molecular weight excluding hydrogens is 274 g/mol. The lowest BCUT2D eigenvalue weighted by atomic mass is 9.90. The summed E-state index contributed by atoms with van der Waals surface area (Å²) in [4.78, 5) is 19.0. The Morgan fingerprint density at radius 1 is 1.52 bits per heavy atom. The van der Waals surface area contributed by atoms with Crippen molar-refractivity contribution in [3.8, 4) is 5.75 Å². The van der Waals surface area contributed by atoms with Crippen LogP contribution < -0.4 is 10.1 Å². The van der Waals surface area contributed by atoms with Gasteiger partial charge in [0.05, 0.1) is 31.4 Å². The summed E-state index contributed by atoms with van der Waals surface area (Å²) in [5.41, 5.74) is 1.45. The fourth-order valence-corrected chi connectivity index (χ4v) is 2.08. The Labute approximate surface area is 121 Å². The van der Waals surface area contributed by atoms with Crippen molar-refractivity contribution in [1.29, 1.82) is 0 Å². The molecule has 0 atom stereocenters. The summed E-state index contributed by atoms with van der Waals surface area (Å²) in [5.74, 6) is 1.07. The van der Waals surface area contributed by atoms with Gasteiger partial charge in [-0.25, -0.2) is 9.78 Å². The molecule has 2 heterocycles. The minimum atomic E-state index is -0.533. The summed E-state index contributed by atoms with van der Waals surface area (Å²) in [6, 6.07) is 5.43. The molecule has 1 saturated heterocycles. The summed E-state index contributed by atoms with van der Waals surface area (Å²) in [6.07, 6.45) is -0.533. The second kappa shape index (κ2) is 5.25. The molecule has 0 bridgehead atoms. The molecule has 1 amide bonds. The number of hydrogen-bond acceptors (Lipinski definition) is 5. The number of carbonyl (C=O) groups excluding carboxylic acids is 1. The molecule has 0 unspecified atom stereocenters. The molecule has 1 aromatic carbocycles. The monoisotopic (exact) mass is 291 g/mol. The van der Waals surface area contributed by atoms with Crippen molar-refractivity contribution in [2.75, 3.05) is 32.2 Å². The molecule has 0 spiro atoms. The summed E-state index contributed by atoms with van der Waals surface area (Å²) < 4.78 is 15.4. The van der Waals surface area contributed by atoms with Gasteiger partial charge in [0.15, 0.2) is 0 Å². The van der Waals surface area contributed by atoms with E-state index in [1.54, 1.807) is 7.11 Å². The maximum absolute atomic E-state index is 11.7. The van der Waals surface area contributed by atoms with Gasteiger partial charge in [-0.05, 0) is 12.1 Å². The second-order valence-corrected chi connectivity index (χ2v) is 5.47. The average Bonchev–Trinajstić information content (AvgIpc) is 2.84. The number of aromatic amines is 1. The standard InChI is InChI=1S/C14H17N3O4/c1-14(6-20-7-14)8-21-13(18)17-12-15-10-4-3-9(19-2)5-11(10)16-12/h3-5H,6-8H2,1-2H3,(H2,15,16,17,18). The first-order valence-corrected chi connectivity index (χ1v) is 6.63. The van der Waals surface area contributed by atoms with Crippen molar-refractivity contribution in [2.45, 2.75) is 6.92 Å². The Hall–Kier alpha value is -2.28. The van der Waals surface area contributed by atoms with Crippen LogP contribution in [0.15, 0.2) is 18.2 Å². The number of H-pyrrole nitrogens is 1. The Bertz CT molecular complexity index is 663. The number of fused-ring (bicyclic) bond motifs is 1. The zero-order valence-corrected chi connectivity index (χ0v) is 11.9. The van der Waals surface area contributed by atoms with E-state index in [0.717, 1.165) is 16.8 Å². The quantitative estimate of drug-likeness (QED) is 0.901. The van der Waals surface area contributed by atoms with Gasteiger partial charge >= 0.3 is 6.09 Å². The van der Waals surface area contributed by atoms with E-state index in [-0.39, 0.29) is 5.41 Å². The highest BCUT2D eigenvalue weighted by atomic mass is 16.6. The van der Waals surface area contributed by atoms with Gasteiger partial charge in [-0.15, -0.1) is 0 Å². The number of aromatic nitrogens is 2. The lowest BCUT2D eigenvalue weighted by Crippen LogP contribution is -2.44. The topological polar surface area (TPSA) is 85.5 Å². The third-order valence-electron chi connectivity index (χ3n) is 3.36. The fraction of sp³-hybridized carbons (Fsp3) is 0.429. The molecular formula is C14H17N3O4. The fourth-order valence-electron chi connectivity index (χ4n) is 2.08. The van der Waals surface area contributed by atoms with E-state index in [2.05, 4.69) is 15.3 Å². The van der Waals surface area contributed by atoms with Crippen LogP contribution in [0, 0.1) is 5.41 Å². The number of rotatable bonds is 4. The van der Waals surface area contributed by atoms with Gasteiger partial charge in [-0.1, -0.05) is 6.92 Å². The number of methoxy groups -OCH3 is 1. The van der Waals surface area contributed by atoms with Crippen molar-refractivity contribution < 1.29 is 19.0 Å². The molecule has 0 radical (unpaired) electrons. The molecule has 1 aliphatic rings. The van der Waals surface area contributed by atoms with Crippen molar-refractivity contribution in [3.63, 3.8) is 0 Å². The molecule has 0 saturated carbocycles. The summed E-state index contributed by atoms with van der Waals surface area (Å²) in [5, 5.41) is 2.58. The Kier molecular flexibility index (Phi) is 3.42. The van der Waals surface area contributed by atoms with Crippen LogP contribution in [0.25, 0.3) is 11.0 Å². The van der Waals surface area contributed by atoms with Gasteiger partial charge < -0.3 is 19.2 Å².